The summed E-state index contributed by atoms with van der Waals surface area (Å²) in [7, 11) is 0. The Morgan fingerprint density at radius 1 is 1.14 bits per heavy atom. The van der Waals surface area contributed by atoms with Gasteiger partial charge in [0.25, 0.3) is 5.56 Å². The van der Waals surface area contributed by atoms with Crippen molar-refractivity contribution in [2.75, 3.05) is 0 Å². The standard InChI is InChI=1S/C14H10F3NO3.ClH/c15-14(16,17)10-5-3-9(4-6-10)8-18-7-1-2-11(12(18)19)13(20)21;/h1-7H,8H2,(H,20,21);1H. The number of halogens is 4. The monoisotopic (exact) mass is 333 g/mol. The highest BCUT2D eigenvalue weighted by Crippen LogP contribution is 2.29. The van der Waals surface area contributed by atoms with E-state index in [2.05, 4.69) is 0 Å². The van der Waals surface area contributed by atoms with E-state index in [0.29, 0.717) is 5.56 Å². The minimum absolute atomic E-state index is 0. The van der Waals surface area contributed by atoms with E-state index in [0.717, 1.165) is 16.7 Å². The Morgan fingerprint density at radius 3 is 2.23 bits per heavy atom. The molecular weight excluding hydrogens is 323 g/mol. The van der Waals surface area contributed by atoms with Crippen molar-refractivity contribution in [3.8, 4) is 0 Å². The number of carboxylic acid groups (broad SMARTS) is 1. The third-order valence-electron chi connectivity index (χ3n) is 2.88. The zero-order chi connectivity index (χ0) is 15.6. The van der Waals surface area contributed by atoms with Gasteiger partial charge in [0, 0.05) is 6.20 Å². The van der Waals surface area contributed by atoms with Gasteiger partial charge in [-0.3, -0.25) is 4.79 Å². The molecule has 1 N–H and O–H groups in total. The molecule has 0 aliphatic heterocycles. The van der Waals surface area contributed by atoms with Crippen molar-refractivity contribution in [3.63, 3.8) is 0 Å². The molecule has 1 heterocycles. The van der Waals surface area contributed by atoms with Gasteiger partial charge < -0.3 is 9.67 Å². The number of carbonyl (C=O) groups is 1. The molecule has 4 nitrogen and oxygen atoms in total. The summed E-state index contributed by atoms with van der Waals surface area (Å²) in [6.45, 7) is -0.00189. The van der Waals surface area contributed by atoms with Gasteiger partial charge in [-0.15, -0.1) is 12.4 Å². The fourth-order valence-electron chi connectivity index (χ4n) is 1.82. The number of carboxylic acids is 1. The predicted octanol–water partition coefficient (Wildman–Crippen LogP) is 3.04. The van der Waals surface area contributed by atoms with Crippen molar-refractivity contribution >= 4 is 18.4 Å². The van der Waals surface area contributed by atoms with Crippen LogP contribution in [-0.2, 0) is 12.7 Å². The number of aromatic nitrogens is 1. The molecule has 0 saturated heterocycles. The van der Waals surface area contributed by atoms with E-state index in [4.69, 9.17) is 5.11 Å². The molecule has 1 aromatic heterocycles. The van der Waals surface area contributed by atoms with Gasteiger partial charge in [0.1, 0.15) is 5.56 Å². The van der Waals surface area contributed by atoms with Crippen molar-refractivity contribution in [1.82, 2.24) is 4.57 Å². The van der Waals surface area contributed by atoms with E-state index >= 15 is 0 Å². The van der Waals surface area contributed by atoms with Crippen molar-refractivity contribution < 1.29 is 23.1 Å². The van der Waals surface area contributed by atoms with Crippen LogP contribution in [0.1, 0.15) is 21.5 Å². The SMILES string of the molecule is Cl.O=C(O)c1cccn(Cc2ccc(C(F)(F)F)cc2)c1=O. The first-order valence-corrected chi connectivity index (χ1v) is 5.88. The van der Waals surface area contributed by atoms with Crippen LogP contribution in [0.3, 0.4) is 0 Å². The highest BCUT2D eigenvalue weighted by Gasteiger charge is 2.29. The number of hydrogen-bond donors (Lipinski definition) is 1. The van der Waals surface area contributed by atoms with Crippen LogP contribution in [-0.4, -0.2) is 15.6 Å². The van der Waals surface area contributed by atoms with Crippen LogP contribution in [0.25, 0.3) is 0 Å². The summed E-state index contributed by atoms with van der Waals surface area (Å²) in [6.07, 6.45) is -3.04. The van der Waals surface area contributed by atoms with Gasteiger partial charge in [0.15, 0.2) is 0 Å². The Bertz CT molecular complexity index is 723. The summed E-state index contributed by atoms with van der Waals surface area (Å²) in [4.78, 5) is 22.7. The molecule has 0 radical (unpaired) electrons. The summed E-state index contributed by atoms with van der Waals surface area (Å²) in [5.74, 6) is -1.35. The van der Waals surface area contributed by atoms with Crippen LogP contribution in [0.15, 0.2) is 47.4 Å². The Labute approximate surface area is 129 Å². The van der Waals surface area contributed by atoms with Gasteiger partial charge in [0.05, 0.1) is 12.1 Å². The highest BCUT2D eigenvalue weighted by molar-refractivity contribution is 5.87. The maximum Gasteiger partial charge on any atom is 0.416 e. The van der Waals surface area contributed by atoms with E-state index in [1.54, 1.807) is 0 Å². The van der Waals surface area contributed by atoms with Crippen LogP contribution >= 0.6 is 12.4 Å². The molecule has 0 atom stereocenters. The van der Waals surface area contributed by atoms with Crippen LogP contribution in [0.2, 0.25) is 0 Å². The van der Waals surface area contributed by atoms with Gasteiger partial charge in [-0.05, 0) is 29.8 Å². The molecule has 0 spiro atoms. The third kappa shape index (κ3) is 3.88. The lowest BCUT2D eigenvalue weighted by molar-refractivity contribution is -0.137. The Kier molecular flexibility index (Phi) is 5.38. The van der Waals surface area contributed by atoms with Crippen molar-refractivity contribution in [3.05, 3.63) is 69.6 Å². The number of rotatable bonds is 3. The maximum atomic E-state index is 12.4. The molecule has 0 aliphatic carbocycles. The number of pyridine rings is 1. The quantitative estimate of drug-likeness (QED) is 0.939. The first-order chi connectivity index (χ1) is 9.79. The second-order valence-electron chi connectivity index (χ2n) is 4.35. The normalized spacial score (nSPS) is 10.9. The van der Waals surface area contributed by atoms with Crippen LogP contribution in [0.5, 0.6) is 0 Å². The second kappa shape index (κ2) is 6.65. The molecule has 8 heteroatoms. The highest BCUT2D eigenvalue weighted by atomic mass is 35.5. The smallest absolute Gasteiger partial charge is 0.416 e. The molecule has 22 heavy (non-hydrogen) atoms. The molecule has 2 rings (SSSR count). The first kappa shape index (κ1) is 17.8. The molecule has 118 valence electrons. The summed E-state index contributed by atoms with van der Waals surface area (Å²) < 4.78 is 38.4. The Morgan fingerprint density at radius 2 is 1.73 bits per heavy atom. The molecule has 1 aromatic carbocycles. The fraction of sp³-hybridized carbons (Fsp3) is 0.143. The molecular formula is C14H11ClF3NO3. The average Bonchev–Trinajstić information content (AvgIpc) is 2.40. The molecule has 0 unspecified atom stereocenters. The van der Waals surface area contributed by atoms with Crippen LogP contribution < -0.4 is 5.56 Å². The van der Waals surface area contributed by atoms with Crippen LogP contribution in [0, 0.1) is 0 Å². The predicted molar refractivity (Wildman–Crippen MR) is 75.5 cm³/mol. The van der Waals surface area contributed by atoms with E-state index in [9.17, 15) is 22.8 Å². The lowest BCUT2D eigenvalue weighted by atomic mass is 10.1. The Hall–Kier alpha value is -2.28. The third-order valence-corrected chi connectivity index (χ3v) is 2.88. The molecule has 0 amide bonds. The summed E-state index contributed by atoms with van der Waals surface area (Å²) in [5, 5.41) is 8.84. The van der Waals surface area contributed by atoms with E-state index in [-0.39, 0.29) is 24.5 Å². The minimum Gasteiger partial charge on any atom is -0.477 e. The maximum absolute atomic E-state index is 12.4. The minimum atomic E-state index is -4.42. The number of hydrogen-bond acceptors (Lipinski definition) is 2. The van der Waals surface area contributed by atoms with Crippen molar-refractivity contribution in [1.29, 1.82) is 0 Å². The molecule has 2 aromatic rings. The van der Waals surface area contributed by atoms with Gasteiger partial charge in [-0.25, -0.2) is 4.79 Å². The van der Waals surface area contributed by atoms with Gasteiger partial charge in [-0.2, -0.15) is 13.2 Å². The number of nitrogens with zero attached hydrogens (tertiary/aromatic N) is 1. The molecule has 0 saturated carbocycles. The Balaban J connectivity index is 0.00000242. The zero-order valence-electron chi connectivity index (χ0n) is 11.0. The van der Waals surface area contributed by atoms with Crippen molar-refractivity contribution in [2.45, 2.75) is 12.7 Å². The number of aromatic carboxylic acids is 1. The topological polar surface area (TPSA) is 59.3 Å². The summed E-state index contributed by atoms with van der Waals surface area (Å²) >= 11 is 0. The van der Waals surface area contributed by atoms with Crippen molar-refractivity contribution in [2.24, 2.45) is 0 Å². The van der Waals surface area contributed by atoms with Crippen LogP contribution in [0.4, 0.5) is 13.2 Å². The number of benzene rings is 1. The fourth-order valence-corrected chi connectivity index (χ4v) is 1.82. The lowest BCUT2D eigenvalue weighted by Crippen LogP contribution is -2.26. The van der Waals surface area contributed by atoms with Gasteiger partial charge in [0.2, 0.25) is 0 Å². The first-order valence-electron chi connectivity index (χ1n) is 5.88. The molecule has 0 bridgehead atoms. The lowest BCUT2D eigenvalue weighted by Gasteiger charge is -2.09. The zero-order valence-corrected chi connectivity index (χ0v) is 11.8. The second-order valence-corrected chi connectivity index (χ2v) is 4.35. The van der Waals surface area contributed by atoms with Gasteiger partial charge in [-0.1, -0.05) is 12.1 Å². The van der Waals surface area contributed by atoms with Gasteiger partial charge >= 0.3 is 12.1 Å². The average molecular weight is 334 g/mol. The number of alkyl halides is 3. The van der Waals surface area contributed by atoms with E-state index in [1.807, 2.05) is 0 Å². The largest absolute Gasteiger partial charge is 0.477 e. The van der Waals surface area contributed by atoms with E-state index in [1.165, 1.54) is 30.5 Å². The molecule has 0 fully saturated rings. The van der Waals surface area contributed by atoms with E-state index < -0.39 is 23.3 Å². The summed E-state index contributed by atoms with van der Waals surface area (Å²) in [6, 6.07) is 6.91. The molecule has 0 aliphatic rings. The summed E-state index contributed by atoms with van der Waals surface area (Å²) in [5.41, 5.74) is -1.40.